The van der Waals surface area contributed by atoms with Crippen LogP contribution in [0.5, 0.6) is 5.75 Å². The molecular formula is C11H10N2OS. The van der Waals surface area contributed by atoms with Gasteiger partial charge in [0.05, 0.1) is 16.3 Å². The second-order valence-electron chi connectivity index (χ2n) is 3.43. The van der Waals surface area contributed by atoms with Gasteiger partial charge < -0.3 is 4.74 Å². The Hall–Kier alpha value is -1.60. The van der Waals surface area contributed by atoms with E-state index in [0.29, 0.717) is 5.01 Å². The van der Waals surface area contributed by atoms with Crippen molar-refractivity contribution in [2.75, 3.05) is 0 Å². The first-order valence-corrected chi connectivity index (χ1v) is 5.48. The minimum Gasteiger partial charge on any atom is -0.491 e. The Morgan fingerprint density at radius 1 is 1.47 bits per heavy atom. The van der Waals surface area contributed by atoms with Crippen LogP contribution >= 0.6 is 11.3 Å². The van der Waals surface area contributed by atoms with E-state index in [0.717, 1.165) is 16.0 Å². The van der Waals surface area contributed by atoms with Gasteiger partial charge in [-0.3, -0.25) is 0 Å². The largest absolute Gasteiger partial charge is 0.491 e. The van der Waals surface area contributed by atoms with Gasteiger partial charge in [0.2, 0.25) is 0 Å². The molecule has 4 heteroatoms. The van der Waals surface area contributed by atoms with Crippen LogP contribution in [0.2, 0.25) is 0 Å². The molecule has 0 saturated carbocycles. The van der Waals surface area contributed by atoms with Crippen molar-refractivity contribution in [3.8, 4) is 11.8 Å². The fourth-order valence-electron chi connectivity index (χ4n) is 1.30. The van der Waals surface area contributed by atoms with Crippen LogP contribution in [0, 0.1) is 11.3 Å². The third-order valence-electron chi connectivity index (χ3n) is 1.83. The molecule has 0 amide bonds. The van der Waals surface area contributed by atoms with Crippen LogP contribution in [0.4, 0.5) is 0 Å². The van der Waals surface area contributed by atoms with Crippen molar-refractivity contribution in [3.05, 3.63) is 23.2 Å². The van der Waals surface area contributed by atoms with Gasteiger partial charge in [0.1, 0.15) is 11.8 Å². The Bertz CT molecular complexity index is 525. The summed E-state index contributed by atoms with van der Waals surface area (Å²) in [5.41, 5.74) is 0.854. The molecule has 0 spiro atoms. The van der Waals surface area contributed by atoms with Crippen molar-refractivity contribution in [1.82, 2.24) is 4.98 Å². The van der Waals surface area contributed by atoms with Crippen LogP contribution in [-0.4, -0.2) is 11.1 Å². The van der Waals surface area contributed by atoms with Crippen molar-refractivity contribution < 1.29 is 4.74 Å². The summed E-state index contributed by atoms with van der Waals surface area (Å²) >= 11 is 1.39. The molecule has 0 atom stereocenters. The van der Waals surface area contributed by atoms with Crippen molar-refractivity contribution in [2.45, 2.75) is 20.0 Å². The van der Waals surface area contributed by atoms with Gasteiger partial charge in [-0.2, -0.15) is 5.26 Å². The zero-order chi connectivity index (χ0) is 10.8. The number of hydrogen-bond donors (Lipinski definition) is 0. The minimum atomic E-state index is 0.158. The van der Waals surface area contributed by atoms with Crippen molar-refractivity contribution >= 4 is 21.6 Å². The quantitative estimate of drug-likeness (QED) is 0.778. The molecule has 15 heavy (non-hydrogen) atoms. The second kappa shape index (κ2) is 3.87. The van der Waals surface area contributed by atoms with E-state index in [4.69, 9.17) is 10.00 Å². The first kappa shape index (κ1) is 9.94. The second-order valence-corrected chi connectivity index (χ2v) is 4.46. The summed E-state index contributed by atoms with van der Waals surface area (Å²) < 4.78 is 6.55. The molecule has 1 heterocycles. The average Bonchev–Trinajstić information content (AvgIpc) is 2.58. The Morgan fingerprint density at radius 3 is 2.93 bits per heavy atom. The number of benzene rings is 1. The molecule has 0 aliphatic rings. The van der Waals surface area contributed by atoms with E-state index in [1.165, 1.54) is 11.3 Å². The van der Waals surface area contributed by atoms with E-state index in [2.05, 4.69) is 4.98 Å². The zero-order valence-electron chi connectivity index (χ0n) is 8.52. The highest BCUT2D eigenvalue weighted by atomic mass is 32.1. The first-order chi connectivity index (χ1) is 7.19. The van der Waals surface area contributed by atoms with Gasteiger partial charge in [-0.05, 0) is 32.0 Å². The first-order valence-electron chi connectivity index (χ1n) is 4.66. The predicted molar refractivity (Wildman–Crippen MR) is 60.1 cm³/mol. The number of thiazole rings is 1. The molecule has 2 aromatic rings. The smallest absolute Gasteiger partial charge is 0.195 e. The van der Waals surface area contributed by atoms with Gasteiger partial charge in [0.25, 0.3) is 0 Å². The standard InChI is InChI=1S/C11H10N2OS/c1-7(2)14-8-3-4-9-10(5-8)15-11(6-12)13-9/h3-5,7H,1-2H3. The highest BCUT2D eigenvalue weighted by Gasteiger charge is 2.05. The Labute approximate surface area is 91.9 Å². The SMILES string of the molecule is CC(C)Oc1ccc2nc(C#N)sc2c1. The molecule has 0 radical (unpaired) electrons. The van der Waals surface area contributed by atoms with Crippen LogP contribution < -0.4 is 4.74 Å². The van der Waals surface area contributed by atoms with Crippen LogP contribution in [0.25, 0.3) is 10.2 Å². The summed E-state index contributed by atoms with van der Waals surface area (Å²) in [5.74, 6) is 0.825. The molecule has 0 saturated heterocycles. The van der Waals surface area contributed by atoms with Gasteiger partial charge in [-0.25, -0.2) is 4.98 Å². The maximum atomic E-state index is 8.72. The summed E-state index contributed by atoms with van der Waals surface area (Å²) in [7, 11) is 0. The van der Waals surface area contributed by atoms with Crippen LogP contribution in [0.3, 0.4) is 0 Å². The molecule has 3 nitrogen and oxygen atoms in total. The molecule has 0 aliphatic carbocycles. The van der Waals surface area contributed by atoms with Crippen LogP contribution in [-0.2, 0) is 0 Å². The molecule has 1 aromatic heterocycles. The Balaban J connectivity index is 2.42. The molecule has 76 valence electrons. The lowest BCUT2D eigenvalue weighted by atomic mass is 10.3. The van der Waals surface area contributed by atoms with Crippen molar-refractivity contribution in [1.29, 1.82) is 5.26 Å². The molecule has 0 aliphatic heterocycles. The average molecular weight is 218 g/mol. The molecule has 0 bridgehead atoms. The number of rotatable bonds is 2. The number of fused-ring (bicyclic) bond motifs is 1. The van der Waals surface area contributed by atoms with Gasteiger partial charge in [0, 0.05) is 0 Å². The fraction of sp³-hybridized carbons (Fsp3) is 0.273. The summed E-state index contributed by atoms with van der Waals surface area (Å²) in [5, 5.41) is 9.21. The van der Waals surface area contributed by atoms with E-state index in [9.17, 15) is 0 Å². The zero-order valence-corrected chi connectivity index (χ0v) is 9.34. The molecule has 0 N–H and O–H groups in total. The monoisotopic (exact) mass is 218 g/mol. The minimum absolute atomic E-state index is 0.158. The van der Waals surface area contributed by atoms with E-state index < -0.39 is 0 Å². The maximum Gasteiger partial charge on any atom is 0.195 e. The van der Waals surface area contributed by atoms with Gasteiger partial charge in [-0.15, -0.1) is 11.3 Å². The van der Waals surface area contributed by atoms with E-state index in [-0.39, 0.29) is 6.10 Å². The number of nitrogens with zero attached hydrogens (tertiary/aromatic N) is 2. The molecule has 0 unspecified atom stereocenters. The lowest BCUT2D eigenvalue weighted by Gasteiger charge is -2.08. The molecular weight excluding hydrogens is 208 g/mol. The highest BCUT2D eigenvalue weighted by Crippen LogP contribution is 2.26. The summed E-state index contributed by atoms with van der Waals surface area (Å²) in [6.45, 7) is 3.97. The van der Waals surface area contributed by atoms with Crippen LogP contribution in [0.15, 0.2) is 18.2 Å². The number of ether oxygens (including phenoxy) is 1. The predicted octanol–water partition coefficient (Wildman–Crippen LogP) is 2.96. The van der Waals surface area contributed by atoms with Crippen molar-refractivity contribution in [3.63, 3.8) is 0 Å². The van der Waals surface area contributed by atoms with Gasteiger partial charge >= 0.3 is 0 Å². The fourth-order valence-corrected chi connectivity index (χ4v) is 2.09. The normalized spacial score (nSPS) is 10.5. The van der Waals surface area contributed by atoms with Crippen molar-refractivity contribution in [2.24, 2.45) is 0 Å². The number of nitriles is 1. The van der Waals surface area contributed by atoms with E-state index >= 15 is 0 Å². The number of hydrogen-bond acceptors (Lipinski definition) is 4. The summed E-state index contributed by atoms with van der Waals surface area (Å²) in [6, 6.07) is 7.73. The van der Waals surface area contributed by atoms with E-state index in [1.54, 1.807) is 0 Å². The lowest BCUT2D eigenvalue weighted by molar-refractivity contribution is 0.243. The molecule has 0 fully saturated rings. The third-order valence-corrected chi connectivity index (χ3v) is 2.75. The topological polar surface area (TPSA) is 45.9 Å². The summed E-state index contributed by atoms with van der Waals surface area (Å²) in [6.07, 6.45) is 0.158. The highest BCUT2D eigenvalue weighted by molar-refractivity contribution is 7.19. The van der Waals surface area contributed by atoms with Gasteiger partial charge in [0.15, 0.2) is 5.01 Å². The summed E-state index contributed by atoms with van der Waals surface area (Å²) in [4.78, 5) is 4.15. The molecule has 1 aromatic carbocycles. The maximum absolute atomic E-state index is 8.72. The van der Waals surface area contributed by atoms with Crippen LogP contribution in [0.1, 0.15) is 18.9 Å². The number of aromatic nitrogens is 1. The Kier molecular flexibility index (Phi) is 2.57. The van der Waals surface area contributed by atoms with Gasteiger partial charge in [-0.1, -0.05) is 0 Å². The van der Waals surface area contributed by atoms with E-state index in [1.807, 2.05) is 38.1 Å². The molecule has 2 rings (SSSR count). The lowest BCUT2D eigenvalue weighted by Crippen LogP contribution is -2.04. The third kappa shape index (κ3) is 2.08. The Morgan fingerprint density at radius 2 is 2.27 bits per heavy atom.